The lowest BCUT2D eigenvalue weighted by atomic mass is 10.00. The number of fused-ring (bicyclic) bond motifs is 2. The van der Waals surface area contributed by atoms with Gasteiger partial charge in [-0.05, 0) is 56.0 Å². The highest BCUT2D eigenvalue weighted by atomic mass is 16.5. The summed E-state index contributed by atoms with van der Waals surface area (Å²) < 4.78 is 7.48. The lowest BCUT2D eigenvalue weighted by Gasteiger charge is -2.21. The second-order valence-electron chi connectivity index (χ2n) is 7.18. The number of nitrogens with zero attached hydrogens (tertiary/aromatic N) is 3. The van der Waals surface area contributed by atoms with Gasteiger partial charge in [0.25, 0.3) is 0 Å². The topological polar surface area (TPSA) is 69.0 Å². The standard InChI is InChI=1S/C21H24N4O2/c1-14(25-19-8-4-3-7-18(19)23-24-25)12-21(26)22-15(2)16-9-10-20-17(13-16)6-5-11-27-20/h3-4,7-10,13-15H,5-6,11-12H2,1-2H3,(H,22,26)/t14-,15+/m0/s1. The molecule has 1 N–H and O–H groups in total. The average Bonchev–Trinajstić information content (AvgIpc) is 3.11. The van der Waals surface area contributed by atoms with Crippen LogP contribution >= 0.6 is 0 Å². The number of nitrogens with one attached hydrogen (secondary N) is 1. The van der Waals surface area contributed by atoms with Crippen molar-refractivity contribution in [3.8, 4) is 5.75 Å². The normalized spacial score (nSPS) is 15.6. The van der Waals surface area contributed by atoms with Gasteiger partial charge in [0, 0.05) is 6.42 Å². The van der Waals surface area contributed by atoms with Gasteiger partial charge >= 0.3 is 0 Å². The van der Waals surface area contributed by atoms with E-state index in [0.29, 0.717) is 6.42 Å². The van der Waals surface area contributed by atoms with Crippen LogP contribution in [0, 0.1) is 0 Å². The van der Waals surface area contributed by atoms with Gasteiger partial charge in [-0.1, -0.05) is 29.5 Å². The van der Waals surface area contributed by atoms with Crippen LogP contribution in [-0.2, 0) is 11.2 Å². The first-order valence-corrected chi connectivity index (χ1v) is 9.47. The molecule has 0 saturated carbocycles. The fraction of sp³-hybridized carbons (Fsp3) is 0.381. The Hall–Kier alpha value is -2.89. The maximum atomic E-state index is 12.6. The van der Waals surface area contributed by atoms with E-state index in [2.05, 4.69) is 21.7 Å². The number of aryl methyl sites for hydroxylation is 1. The molecule has 1 amide bonds. The molecule has 0 saturated heterocycles. The van der Waals surface area contributed by atoms with Gasteiger partial charge in [0.05, 0.1) is 24.2 Å². The highest BCUT2D eigenvalue weighted by Gasteiger charge is 2.18. The molecule has 6 nitrogen and oxygen atoms in total. The Labute approximate surface area is 158 Å². The lowest BCUT2D eigenvalue weighted by Crippen LogP contribution is -2.29. The third kappa shape index (κ3) is 3.65. The Morgan fingerprint density at radius 2 is 2.11 bits per heavy atom. The van der Waals surface area contributed by atoms with Gasteiger partial charge in [0.15, 0.2) is 0 Å². The quantitative estimate of drug-likeness (QED) is 0.751. The summed E-state index contributed by atoms with van der Waals surface area (Å²) in [6, 6.07) is 13.9. The molecule has 1 aromatic heterocycles. The van der Waals surface area contributed by atoms with Crippen LogP contribution in [0.15, 0.2) is 42.5 Å². The fourth-order valence-electron chi connectivity index (χ4n) is 3.60. The van der Waals surface area contributed by atoms with E-state index >= 15 is 0 Å². The number of carbonyl (C=O) groups is 1. The molecule has 3 aromatic rings. The number of hydrogen-bond donors (Lipinski definition) is 1. The summed E-state index contributed by atoms with van der Waals surface area (Å²) in [6.07, 6.45) is 2.42. The van der Waals surface area contributed by atoms with Gasteiger partial charge in [0.1, 0.15) is 11.3 Å². The number of aromatic nitrogens is 3. The van der Waals surface area contributed by atoms with Gasteiger partial charge in [-0.25, -0.2) is 4.68 Å². The molecule has 1 aliphatic rings. The van der Waals surface area contributed by atoms with Crippen molar-refractivity contribution < 1.29 is 9.53 Å². The van der Waals surface area contributed by atoms with Crippen LogP contribution in [0.1, 0.15) is 49.9 Å². The van der Waals surface area contributed by atoms with E-state index in [4.69, 9.17) is 4.74 Å². The van der Waals surface area contributed by atoms with Crippen molar-refractivity contribution in [2.24, 2.45) is 0 Å². The molecule has 1 aliphatic heterocycles. The summed E-state index contributed by atoms with van der Waals surface area (Å²) >= 11 is 0. The molecular weight excluding hydrogens is 340 g/mol. The van der Waals surface area contributed by atoms with E-state index in [1.165, 1.54) is 5.56 Å². The minimum Gasteiger partial charge on any atom is -0.493 e. The van der Waals surface area contributed by atoms with Crippen LogP contribution in [0.3, 0.4) is 0 Å². The van der Waals surface area contributed by atoms with Crippen molar-refractivity contribution in [1.82, 2.24) is 20.3 Å². The van der Waals surface area contributed by atoms with Gasteiger partial charge in [-0.15, -0.1) is 5.10 Å². The van der Waals surface area contributed by atoms with E-state index in [1.807, 2.05) is 54.9 Å². The van der Waals surface area contributed by atoms with Gasteiger partial charge in [-0.2, -0.15) is 0 Å². The fourth-order valence-corrected chi connectivity index (χ4v) is 3.60. The summed E-state index contributed by atoms with van der Waals surface area (Å²) in [5, 5.41) is 11.5. The molecule has 140 valence electrons. The second-order valence-corrected chi connectivity index (χ2v) is 7.18. The van der Waals surface area contributed by atoms with Crippen molar-refractivity contribution in [2.75, 3.05) is 6.61 Å². The Balaban J connectivity index is 1.41. The first-order chi connectivity index (χ1) is 13.1. The smallest absolute Gasteiger partial charge is 0.222 e. The summed E-state index contributed by atoms with van der Waals surface area (Å²) in [7, 11) is 0. The number of para-hydroxylation sites is 1. The van der Waals surface area contributed by atoms with E-state index in [1.54, 1.807) is 0 Å². The predicted octanol–water partition coefficient (Wildman–Crippen LogP) is 3.58. The van der Waals surface area contributed by atoms with Crippen molar-refractivity contribution in [2.45, 2.75) is 45.2 Å². The first-order valence-electron chi connectivity index (χ1n) is 9.47. The molecule has 0 spiro atoms. The average molecular weight is 364 g/mol. The zero-order valence-electron chi connectivity index (χ0n) is 15.7. The number of ether oxygens (including phenoxy) is 1. The molecule has 2 atom stereocenters. The number of rotatable bonds is 5. The van der Waals surface area contributed by atoms with Crippen LogP contribution in [0.25, 0.3) is 11.0 Å². The molecule has 4 rings (SSSR count). The third-order valence-electron chi connectivity index (χ3n) is 5.09. The maximum absolute atomic E-state index is 12.6. The van der Waals surface area contributed by atoms with E-state index in [0.717, 1.165) is 41.8 Å². The van der Waals surface area contributed by atoms with Crippen LogP contribution in [0.4, 0.5) is 0 Å². The van der Waals surface area contributed by atoms with E-state index in [-0.39, 0.29) is 18.0 Å². The first kappa shape index (κ1) is 17.5. The zero-order valence-corrected chi connectivity index (χ0v) is 15.7. The molecule has 27 heavy (non-hydrogen) atoms. The highest BCUT2D eigenvalue weighted by Crippen LogP contribution is 2.28. The number of hydrogen-bond acceptors (Lipinski definition) is 4. The highest BCUT2D eigenvalue weighted by molar-refractivity contribution is 5.78. The predicted molar refractivity (Wildman–Crippen MR) is 104 cm³/mol. The molecule has 0 unspecified atom stereocenters. The molecule has 2 heterocycles. The molecule has 0 radical (unpaired) electrons. The second kappa shape index (κ2) is 7.39. The molecule has 6 heteroatoms. The van der Waals surface area contributed by atoms with Crippen molar-refractivity contribution in [3.05, 3.63) is 53.6 Å². The van der Waals surface area contributed by atoms with Crippen molar-refractivity contribution >= 4 is 16.9 Å². The Bertz CT molecular complexity index is 966. The summed E-state index contributed by atoms with van der Waals surface area (Å²) in [6.45, 7) is 4.79. The van der Waals surface area contributed by atoms with Crippen LogP contribution in [0.2, 0.25) is 0 Å². The van der Waals surface area contributed by atoms with E-state index < -0.39 is 0 Å². The molecule has 0 aliphatic carbocycles. The number of amides is 1. The minimum atomic E-state index is -0.0680. The summed E-state index contributed by atoms with van der Waals surface area (Å²) in [4.78, 5) is 12.6. The summed E-state index contributed by atoms with van der Waals surface area (Å²) in [5.74, 6) is 0.971. The van der Waals surface area contributed by atoms with Gasteiger partial charge in [0.2, 0.25) is 5.91 Å². The maximum Gasteiger partial charge on any atom is 0.222 e. The summed E-state index contributed by atoms with van der Waals surface area (Å²) in [5.41, 5.74) is 4.11. The van der Waals surface area contributed by atoms with Crippen molar-refractivity contribution in [3.63, 3.8) is 0 Å². The van der Waals surface area contributed by atoms with Gasteiger partial charge in [-0.3, -0.25) is 4.79 Å². The van der Waals surface area contributed by atoms with Crippen molar-refractivity contribution in [1.29, 1.82) is 0 Å². The Kier molecular flexibility index (Phi) is 4.79. The number of carbonyl (C=O) groups excluding carboxylic acids is 1. The monoisotopic (exact) mass is 364 g/mol. The third-order valence-corrected chi connectivity index (χ3v) is 5.09. The minimum absolute atomic E-state index is 0.00329. The number of benzene rings is 2. The van der Waals surface area contributed by atoms with Crippen LogP contribution in [0.5, 0.6) is 5.75 Å². The van der Waals surface area contributed by atoms with Crippen LogP contribution < -0.4 is 10.1 Å². The lowest BCUT2D eigenvalue weighted by molar-refractivity contribution is -0.122. The Morgan fingerprint density at radius 1 is 1.26 bits per heavy atom. The molecular formula is C21H24N4O2. The van der Waals surface area contributed by atoms with Gasteiger partial charge < -0.3 is 10.1 Å². The Morgan fingerprint density at radius 3 is 3.00 bits per heavy atom. The largest absolute Gasteiger partial charge is 0.493 e. The molecule has 0 fully saturated rings. The van der Waals surface area contributed by atoms with E-state index in [9.17, 15) is 4.79 Å². The molecule has 0 bridgehead atoms. The SMILES string of the molecule is C[C@@H](NC(=O)C[C@H](C)n1nnc2ccccc21)c1ccc2c(c1)CCCO2. The molecule has 2 aromatic carbocycles. The zero-order chi connectivity index (χ0) is 18.8. The van der Waals surface area contributed by atoms with Crippen LogP contribution in [-0.4, -0.2) is 27.5 Å².